The molecule has 16 heavy (non-hydrogen) atoms. The zero-order valence-electron chi connectivity index (χ0n) is 10.0. The Labute approximate surface area is 103 Å². The minimum absolute atomic E-state index is 0.600. The molecule has 0 radical (unpaired) electrons. The smallest absolute Gasteiger partial charge is 0.120 e. The SMILES string of the molecule is CCC(CC)NCCOc1cccc(Cl)c1. The Bertz CT molecular complexity index is 300. The summed E-state index contributed by atoms with van der Waals surface area (Å²) in [4.78, 5) is 0. The van der Waals surface area contributed by atoms with Gasteiger partial charge in [0.05, 0.1) is 0 Å². The van der Waals surface area contributed by atoms with Gasteiger partial charge in [0.1, 0.15) is 12.4 Å². The van der Waals surface area contributed by atoms with Crippen molar-refractivity contribution in [3.8, 4) is 5.75 Å². The summed E-state index contributed by atoms with van der Waals surface area (Å²) < 4.78 is 5.58. The molecule has 0 atom stereocenters. The number of halogens is 1. The molecule has 0 aliphatic carbocycles. The highest BCUT2D eigenvalue weighted by Crippen LogP contribution is 2.16. The van der Waals surface area contributed by atoms with Gasteiger partial charge < -0.3 is 10.1 Å². The molecule has 0 fully saturated rings. The van der Waals surface area contributed by atoms with Gasteiger partial charge in [-0.2, -0.15) is 0 Å². The van der Waals surface area contributed by atoms with E-state index < -0.39 is 0 Å². The van der Waals surface area contributed by atoms with Gasteiger partial charge >= 0.3 is 0 Å². The van der Waals surface area contributed by atoms with Crippen molar-refractivity contribution in [3.05, 3.63) is 29.3 Å². The van der Waals surface area contributed by atoms with Crippen LogP contribution in [0.15, 0.2) is 24.3 Å². The molecule has 0 saturated carbocycles. The summed E-state index contributed by atoms with van der Waals surface area (Å²) in [5, 5.41) is 4.16. The van der Waals surface area contributed by atoms with Gasteiger partial charge in [0.2, 0.25) is 0 Å². The minimum atomic E-state index is 0.600. The van der Waals surface area contributed by atoms with Crippen molar-refractivity contribution in [2.24, 2.45) is 0 Å². The first-order valence-electron chi connectivity index (χ1n) is 5.88. The zero-order valence-corrected chi connectivity index (χ0v) is 10.8. The van der Waals surface area contributed by atoms with Gasteiger partial charge in [-0.05, 0) is 31.0 Å². The maximum absolute atomic E-state index is 5.86. The number of nitrogens with one attached hydrogen (secondary N) is 1. The maximum Gasteiger partial charge on any atom is 0.120 e. The molecule has 1 aromatic rings. The second kappa shape index (κ2) is 7.53. The molecule has 1 rings (SSSR count). The molecular weight excluding hydrogens is 222 g/mol. The summed E-state index contributed by atoms with van der Waals surface area (Å²) in [6.45, 7) is 5.94. The van der Waals surface area contributed by atoms with Gasteiger partial charge in [0.25, 0.3) is 0 Å². The third-order valence-electron chi connectivity index (χ3n) is 2.59. The van der Waals surface area contributed by atoms with Crippen LogP contribution in [0.25, 0.3) is 0 Å². The third-order valence-corrected chi connectivity index (χ3v) is 2.82. The first-order chi connectivity index (χ1) is 7.76. The molecule has 0 heterocycles. The third kappa shape index (κ3) is 4.86. The normalized spacial score (nSPS) is 10.8. The standard InChI is InChI=1S/C13H20ClNO/c1-3-12(4-2)15-8-9-16-13-7-5-6-11(14)10-13/h5-7,10,12,15H,3-4,8-9H2,1-2H3. The summed E-state index contributed by atoms with van der Waals surface area (Å²) in [6.07, 6.45) is 2.32. The average molecular weight is 242 g/mol. The van der Waals surface area contributed by atoms with Crippen LogP contribution in [0.3, 0.4) is 0 Å². The molecule has 1 aromatic carbocycles. The second-order valence-corrected chi connectivity index (χ2v) is 4.21. The zero-order chi connectivity index (χ0) is 11.8. The Kier molecular flexibility index (Phi) is 6.27. The lowest BCUT2D eigenvalue weighted by Gasteiger charge is -2.14. The van der Waals surface area contributed by atoms with E-state index in [9.17, 15) is 0 Å². The van der Waals surface area contributed by atoms with Crippen LogP contribution >= 0.6 is 11.6 Å². The van der Waals surface area contributed by atoms with E-state index in [4.69, 9.17) is 16.3 Å². The fraction of sp³-hybridized carbons (Fsp3) is 0.538. The van der Waals surface area contributed by atoms with Crippen molar-refractivity contribution < 1.29 is 4.74 Å². The van der Waals surface area contributed by atoms with Gasteiger partial charge in [-0.15, -0.1) is 0 Å². The van der Waals surface area contributed by atoms with Crippen molar-refractivity contribution in [3.63, 3.8) is 0 Å². The first kappa shape index (κ1) is 13.3. The summed E-state index contributed by atoms with van der Waals surface area (Å²) in [7, 11) is 0. The van der Waals surface area contributed by atoms with Crippen molar-refractivity contribution in [1.29, 1.82) is 0 Å². The van der Waals surface area contributed by atoms with E-state index in [-0.39, 0.29) is 0 Å². The van der Waals surface area contributed by atoms with Crippen LogP contribution in [0.5, 0.6) is 5.75 Å². The lowest BCUT2D eigenvalue weighted by Crippen LogP contribution is -2.31. The van der Waals surface area contributed by atoms with Crippen molar-refractivity contribution in [2.75, 3.05) is 13.2 Å². The number of ether oxygens (including phenoxy) is 1. The maximum atomic E-state index is 5.86. The fourth-order valence-corrected chi connectivity index (χ4v) is 1.75. The molecular formula is C13H20ClNO. The van der Waals surface area contributed by atoms with E-state index in [1.165, 1.54) is 0 Å². The second-order valence-electron chi connectivity index (χ2n) is 3.77. The lowest BCUT2D eigenvalue weighted by molar-refractivity contribution is 0.302. The minimum Gasteiger partial charge on any atom is -0.492 e. The first-order valence-corrected chi connectivity index (χ1v) is 6.25. The molecule has 0 unspecified atom stereocenters. The number of hydrogen-bond acceptors (Lipinski definition) is 2. The summed E-state index contributed by atoms with van der Waals surface area (Å²) in [6, 6.07) is 8.09. The number of rotatable bonds is 7. The van der Waals surface area contributed by atoms with E-state index in [1.54, 1.807) is 0 Å². The van der Waals surface area contributed by atoms with Gasteiger partial charge in [-0.1, -0.05) is 31.5 Å². The predicted octanol–water partition coefficient (Wildman–Crippen LogP) is 3.50. The number of hydrogen-bond donors (Lipinski definition) is 1. The summed E-state index contributed by atoms with van der Waals surface area (Å²) in [5.74, 6) is 0.832. The van der Waals surface area contributed by atoms with E-state index in [0.717, 1.165) is 25.1 Å². The van der Waals surface area contributed by atoms with E-state index in [1.807, 2.05) is 24.3 Å². The molecule has 2 nitrogen and oxygen atoms in total. The van der Waals surface area contributed by atoms with Crippen LogP contribution in [0, 0.1) is 0 Å². The van der Waals surface area contributed by atoms with Crippen LogP contribution in [0.4, 0.5) is 0 Å². The largest absolute Gasteiger partial charge is 0.492 e. The molecule has 0 amide bonds. The highest BCUT2D eigenvalue weighted by atomic mass is 35.5. The van der Waals surface area contributed by atoms with Gasteiger partial charge in [-0.3, -0.25) is 0 Å². The molecule has 0 aromatic heterocycles. The highest BCUT2D eigenvalue weighted by molar-refractivity contribution is 6.30. The molecule has 0 aliphatic rings. The topological polar surface area (TPSA) is 21.3 Å². The monoisotopic (exact) mass is 241 g/mol. The molecule has 0 saturated heterocycles. The lowest BCUT2D eigenvalue weighted by atomic mass is 10.2. The highest BCUT2D eigenvalue weighted by Gasteiger charge is 2.01. The molecule has 0 aliphatic heterocycles. The Morgan fingerprint density at radius 1 is 1.31 bits per heavy atom. The Morgan fingerprint density at radius 3 is 2.69 bits per heavy atom. The molecule has 3 heteroatoms. The molecule has 90 valence electrons. The van der Waals surface area contributed by atoms with Crippen molar-refractivity contribution >= 4 is 11.6 Å². The van der Waals surface area contributed by atoms with Crippen LogP contribution < -0.4 is 10.1 Å². The van der Waals surface area contributed by atoms with Crippen LogP contribution in [0.2, 0.25) is 5.02 Å². The number of benzene rings is 1. The quantitative estimate of drug-likeness (QED) is 0.738. The molecule has 0 bridgehead atoms. The van der Waals surface area contributed by atoms with E-state index in [0.29, 0.717) is 17.7 Å². The average Bonchev–Trinajstić information content (AvgIpc) is 2.29. The van der Waals surface area contributed by atoms with E-state index >= 15 is 0 Å². The Balaban J connectivity index is 2.20. The Morgan fingerprint density at radius 2 is 2.06 bits per heavy atom. The van der Waals surface area contributed by atoms with Gasteiger partial charge in [-0.25, -0.2) is 0 Å². The van der Waals surface area contributed by atoms with Gasteiger partial charge in [0.15, 0.2) is 0 Å². The fourth-order valence-electron chi connectivity index (χ4n) is 1.57. The Hall–Kier alpha value is -0.730. The molecule has 0 spiro atoms. The van der Waals surface area contributed by atoms with Gasteiger partial charge in [0, 0.05) is 17.6 Å². The summed E-state index contributed by atoms with van der Waals surface area (Å²) in [5.41, 5.74) is 0. The van der Waals surface area contributed by atoms with E-state index in [2.05, 4.69) is 19.2 Å². The summed E-state index contributed by atoms with van der Waals surface area (Å²) >= 11 is 5.86. The van der Waals surface area contributed by atoms with Crippen molar-refractivity contribution in [2.45, 2.75) is 32.7 Å². The van der Waals surface area contributed by atoms with Crippen LogP contribution in [0.1, 0.15) is 26.7 Å². The molecule has 1 N–H and O–H groups in total. The predicted molar refractivity (Wildman–Crippen MR) is 69.3 cm³/mol. The van der Waals surface area contributed by atoms with Crippen LogP contribution in [-0.4, -0.2) is 19.2 Å². The van der Waals surface area contributed by atoms with Crippen molar-refractivity contribution in [1.82, 2.24) is 5.32 Å². The van der Waals surface area contributed by atoms with Crippen LogP contribution in [-0.2, 0) is 0 Å².